The summed E-state index contributed by atoms with van der Waals surface area (Å²) in [5.74, 6) is -0.182. The van der Waals surface area contributed by atoms with E-state index in [2.05, 4.69) is 67.8 Å². The van der Waals surface area contributed by atoms with Crippen LogP contribution in [0, 0.1) is 0 Å². The highest BCUT2D eigenvalue weighted by molar-refractivity contribution is 5.76. The van der Waals surface area contributed by atoms with Crippen molar-refractivity contribution in [1.82, 2.24) is 5.32 Å². The van der Waals surface area contributed by atoms with Gasteiger partial charge < -0.3 is 40.3 Å². The van der Waals surface area contributed by atoms with Gasteiger partial charge in [-0.05, 0) is 70.6 Å². The summed E-state index contributed by atoms with van der Waals surface area (Å²) in [6, 6.07) is -0.824. The molecule has 0 aromatic heterocycles. The number of unbranched alkanes of at least 4 members (excludes halogenated alkanes) is 44. The van der Waals surface area contributed by atoms with Crippen molar-refractivity contribution in [3.8, 4) is 0 Å². The zero-order valence-corrected chi connectivity index (χ0v) is 53.8. The number of carbonyl (C=O) groups excluding carboxylic acids is 1. The molecule has 7 unspecified atom stereocenters. The van der Waals surface area contributed by atoms with E-state index in [0.29, 0.717) is 6.42 Å². The van der Waals surface area contributed by atoms with Crippen LogP contribution < -0.4 is 5.32 Å². The molecule has 0 radical (unpaired) electrons. The van der Waals surface area contributed by atoms with Crippen LogP contribution in [0.25, 0.3) is 0 Å². The number of nitrogens with one attached hydrogen (secondary N) is 1. The Morgan fingerprint density at radius 1 is 0.415 bits per heavy atom. The fraction of sp³-hybridized carbons (Fsp3) is 0.849. The van der Waals surface area contributed by atoms with Crippen LogP contribution in [0.5, 0.6) is 0 Å². The van der Waals surface area contributed by atoms with Gasteiger partial charge in [-0.25, -0.2) is 0 Å². The van der Waals surface area contributed by atoms with E-state index >= 15 is 0 Å². The number of amides is 1. The highest BCUT2D eigenvalue weighted by Crippen LogP contribution is 2.23. The van der Waals surface area contributed by atoms with E-state index in [1.165, 1.54) is 270 Å². The van der Waals surface area contributed by atoms with Gasteiger partial charge in [-0.1, -0.05) is 325 Å². The largest absolute Gasteiger partial charge is 0.394 e. The highest BCUT2D eigenvalue weighted by atomic mass is 16.7. The molecular weight excluding hydrogens is 1020 g/mol. The number of hydrogen-bond acceptors (Lipinski definition) is 8. The Bertz CT molecular complexity index is 1480. The minimum atomic E-state index is -1.57. The van der Waals surface area contributed by atoms with Crippen LogP contribution in [-0.2, 0) is 14.3 Å². The van der Waals surface area contributed by atoms with Crippen LogP contribution in [0.1, 0.15) is 341 Å². The summed E-state index contributed by atoms with van der Waals surface area (Å²) in [6.45, 7) is 3.80. The minimum absolute atomic E-state index is 0.182. The number of allylic oxidation sites excluding steroid dienone is 9. The smallest absolute Gasteiger partial charge is 0.220 e. The zero-order chi connectivity index (χ0) is 59.3. The van der Waals surface area contributed by atoms with Gasteiger partial charge in [0.05, 0.1) is 25.4 Å². The first-order chi connectivity index (χ1) is 40.3. The van der Waals surface area contributed by atoms with E-state index in [1.807, 2.05) is 6.08 Å². The standard InChI is InChI=1S/C73H135NO8/c1-3-5-7-9-11-13-15-17-19-21-23-25-27-29-31-32-33-34-35-36-37-39-41-43-45-47-49-51-53-55-57-59-61-63-69(77)74-66(65-81-73-72(80)71(79)70(78)68(64-75)82-73)67(76)62-60-58-56-54-52-50-48-46-44-42-40-38-30-28-26-24-22-20-18-16-14-12-10-8-6-4-2/h15,17,21,23,27,29,52,54,60,62,66-68,70-73,75-76,78-80H,3-14,16,18-20,22,24-26,28,30-51,53,55-59,61,63-65H2,1-2H3,(H,74,77)/b17-15-,23-21-,29-27-,54-52+,62-60+. The molecule has 0 saturated carbocycles. The summed E-state index contributed by atoms with van der Waals surface area (Å²) in [7, 11) is 0. The molecule has 1 fully saturated rings. The molecule has 0 aromatic rings. The number of hydrogen-bond donors (Lipinski definition) is 6. The Kier molecular flexibility index (Phi) is 58.9. The summed E-state index contributed by atoms with van der Waals surface area (Å²) >= 11 is 0. The molecule has 1 amide bonds. The molecule has 9 heteroatoms. The lowest BCUT2D eigenvalue weighted by Crippen LogP contribution is -2.60. The molecule has 6 N–H and O–H groups in total. The van der Waals surface area contributed by atoms with Crippen LogP contribution in [0.4, 0.5) is 0 Å². The van der Waals surface area contributed by atoms with Gasteiger partial charge in [0.1, 0.15) is 24.4 Å². The Balaban J connectivity index is 2.14. The summed E-state index contributed by atoms with van der Waals surface area (Å²) in [5.41, 5.74) is 0. The van der Waals surface area contributed by atoms with Gasteiger partial charge in [0, 0.05) is 6.42 Å². The number of ether oxygens (including phenoxy) is 2. The SMILES string of the molecule is CCCCCCC/C=C\C/C=C\C/C=C\CCCCCCCCCCCCCCCCCCCCC(=O)NC(COC1OC(CO)C(O)C(O)C1O)C(O)/C=C/CC/C=C/CCCCCCCCCCCCCCCCCCCCCC. The maximum atomic E-state index is 13.1. The van der Waals surface area contributed by atoms with Crippen LogP contribution in [0.2, 0.25) is 0 Å². The molecule has 480 valence electrons. The van der Waals surface area contributed by atoms with Crippen LogP contribution in [0.15, 0.2) is 60.8 Å². The highest BCUT2D eigenvalue weighted by Gasteiger charge is 2.44. The predicted octanol–water partition coefficient (Wildman–Crippen LogP) is 19.4. The zero-order valence-electron chi connectivity index (χ0n) is 53.8. The average molecular weight is 1150 g/mol. The first-order valence-corrected chi connectivity index (χ1v) is 35.5. The topological polar surface area (TPSA) is 149 Å². The Hall–Kier alpha value is -2.11. The number of aliphatic hydroxyl groups excluding tert-OH is 5. The molecule has 0 bridgehead atoms. The lowest BCUT2D eigenvalue weighted by Gasteiger charge is -2.40. The van der Waals surface area contributed by atoms with E-state index in [4.69, 9.17) is 9.47 Å². The van der Waals surface area contributed by atoms with E-state index in [9.17, 15) is 30.3 Å². The Labute approximate surface area is 506 Å². The van der Waals surface area contributed by atoms with Crippen molar-refractivity contribution < 1.29 is 39.8 Å². The molecule has 82 heavy (non-hydrogen) atoms. The third-order valence-corrected chi connectivity index (χ3v) is 16.8. The fourth-order valence-corrected chi connectivity index (χ4v) is 11.2. The van der Waals surface area contributed by atoms with Crippen molar-refractivity contribution in [2.75, 3.05) is 13.2 Å². The summed E-state index contributed by atoms with van der Waals surface area (Å²) in [6.07, 6.45) is 79.0. The second-order valence-electron chi connectivity index (χ2n) is 24.7. The second-order valence-corrected chi connectivity index (χ2v) is 24.7. The molecular formula is C73H135NO8. The summed E-state index contributed by atoms with van der Waals surface area (Å²) < 4.78 is 11.3. The number of carbonyl (C=O) groups is 1. The van der Waals surface area contributed by atoms with Crippen LogP contribution in [0.3, 0.4) is 0 Å². The maximum absolute atomic E-state index is 13.1. The summed E-state index contributed by atoms with van der Waals surface area (Å²) in [5, 5.41) is 54.7. The Morgan fingerprint density at radius 3 is 1.11 bits per heavy atom. The lowest BCUT2D eigenvalue weighted by atomic mass is 9.99. The third kappa shape index (κ3) is 50.1. The predicted molar refractivity (Wildman–Crippen MR) is 350 cm³/mol. The molecule has 0 aromatic carbocycles. The van der Waals surface area contributed by atoms with Crippen molar-refractivity contribution in [2.45, 2.75) is 384 Å². The number of aliphatic hydroxyl groups is 5. The first kappa shape index (κ1) is 77.9. The minimum Gasteiger partial charge on any atom is -0.394 e. The van der Waals surface area contributed by atoms with Gasteiger partial charge in [-0.15, -0.1) is 0 Å². The first-order valence-electron chi connectivity index (χ1n) is 35.5. The molecule has 7 atom stereocenters. The van der Waals surface area contributed by atoms with Gasteiger partial charge in [0.15, 0.2) is 6.29 Å². The van der Waals surface area contributed by atoms with Gasteiger partial charge in [0.25, 0.3) is 0 Å². The maximum Gasteiger partial charge on any atom is 0.220 e. The van der Waals surface area contributed by atoms with Crippen LogP contribution in [-0.4, -0.2) is 87.5 Å². The lowest BCUT2D eigenvalue weighted by molar-refractivity contribution is -0.302. The van der Waals surface area contributed by atoms with E-state index in [0.717, 1.165) is 51.4 Å². The van der Waals surface area contributed by atoms with E-state index < -0.39 is 49.5 Å². The van der Waals surface area contributed by atoms with Crippen molar-refractivity contribution in [1.29, 1.82) is 0 Å². The fourth-order valence-electron chi connectivity index (χ4n) is 11.2. The van der Waals surface area contributed by atoms with Crippen molar-refractivity contribution >= 4 is 5.91 Å². The van der Waals surface area contributed by atoms with Gasteiger partial charge >= 0.3 is 0 Å². The normalized spacial score (nSPS) is 18.6. The average Bonchev–Trinajstić information content (AvgIpc) is 3.57. The summed E-state index contributed by atoms with van der Waals surface area (Å²) in [4.78, 5) is 13.1. The second kappa shape index (κ2) is 62.0. The molecule has 1 rings (SSSR count). The quantitative estimate of drug-likeness (QED) is 0.0261. The van der Waals surface area contributed by atoms with Crippen molar-refractivity contribution in [2.24, 2.45) is 0 Å². The molecule has 0 aliphatic carbocycles. The van der Waals surface area contributed by atoms with Gasteiger partial charge in [-0.3, -0.25) is 4.79 Å². The third-order valence-electron chi connectivity index (χ3n) is 16.8. The molecule has 1 heterocycles. The van der Waals surface area contributed by atoms with E-state index in [-0.39, 0.29) is 12.5 Å². The van der Waals surface area contributed by atoms with E-state index in [1.54, 1.807) is 6.08 Å². The van der Waals surface area contributed by atoms with Gasteiger partial charge in [-0.2, -0.15) is 0 Å². The van der Waals surface area contributed by atoms with Crippen molar-refractivity contribution in [3.63, 3.8) is 0 Å². The molecule has 9 nitrogen and oxygen atoms in total. The Morgan fingerprint density at radius 2 is 0.732 bits per heavy atom. The molecule has 1 aliphatic rings. The van der Waals surface area contributed by atoms with Crippen molar-refractivity contribution in [3.05, 3.63) is 60.8 Å². The number of rotatable bonds is 62. The molecule has 1 aliphatic heterocycles. The monoisotopic (exact) mass is 1150 g/mol. The van der Waals surface area contributed by atoms with Gasteiger partial charge in [0.2, 0.25) is 5.91 Å². The molecule has 1 saturated heterocycles. The molecule has 0 spiro atoms. The van der Waals surface area contributed by atoms with Crippen LogP contribution >= 0.6 is 0 Å².